The largest absolute Gasteiger partial charge is 0.494 e. The molecule has 0 aliphatic carbocycles. The standard InChI is InChI=1S/C31H30O9/c1-3-28(32)38-21-9-5-4-8-20-37-24-16-12-23(13-17-24)30(34)40-27-11-7-6-10-26(27)31(35)39-25-18-14-22(15-19-25)29(33)36-2/h3,6-7,10-19H,1,4-5,8-9,20-21H2,2H3. The van der Waals surface area contributed by atoms with Gasteiger partial charge in [-0.2, -0.15) is 0 Å². The molecule has 0 saturated carbocycles. The second-order valence-electron chi connectivity index (χ2n) is 8.45. The molecule has 0 aromatic heterocycles. The monoisotopic (exact) mass is 546 g/mol. The molecule has 0 atom stereocenters. The van der Waals surface area contributed by atoms with Crippen LogP contribution >= 0.6 is 0 Å². The van der Waals surface area contributed by atoms with Gasteiger partial charge in [0.05, 0.1) is 31.5 Å². The molecule has 9 heteroatoms. The molecule has 0 fully saturated rings. The van der Waals surface area contributed by atoms with Crippen molar-refractivity contribution < 1.29 is 42.9 Å². The van der Waals surface area contributed by atoms with E-state index in [9.17, 15) is 19.2 Å². The number of carbonyl (C=O) groups excluding carboxylic acids is 4. The maximum absolute atomic E-state index is 12.8. The van der Waals surface area contributed by atoms with Gasteiger partial charge in [0, 0.05) is 6.08 Å². The first kappa shape index (κ1) is 29.6. The summed E-state index contributed by atoms with van der Waals surface area (Å²) in [6, 6.07) is 18.6. The van der Waals surface area contributed by atoms with Gasteiger partial charge in [0.1, 0.15) is 22.8 Å². The molecule has 0 saturated heterocycles. The zero-order chi connectivity index (χ0) is 28.7. The van der Waals surface area contributed by atoms with Crippen molar-refractivity contribution in [3.8, 4) is 17.2 Å². The molecule has 0 radical (unpaired) electrons. The number of ether oxygens (including phenoxy) is 5. The molecule has 3 aromatic carbocycles. The Labute approximate surface area is 232 Å². The molecule has 0 bridgehead atoms. The molecule has 0 N–H and O–H groups in total. The van der Waals surface area contributed by atoms with Crippen LogP contribution in [0, 0.1) is 0 Å². The van der Waals surface area contributed by atoms with E-state index in [0.717, 1.165) is 31.8 Å². The van der Waals surface area contributed by atoms with E-state index in [1.807, 2.05) is 0 Å². The minimum absolute atomic E-state index is 0.0447. The first-order valence-electron chi connectivity index (χ1n) is 12.6. The number of esters is 4. The Morgan fingerprint density at radius 3 is 1.93 bits per heavy atom. The highest BCUT2D eigenvalue weighted by Crippen LogP contribution is 2.23. The van der Waals surface area contributed by atoms with Gasteiger partial charge in [0.25, 0.3) is 0 Å². The lowest BCUT2D eigenvalue weighted by Gasteiger charge is -2.11. The minimum Gasteiger partial charge on any atom is -0.494 e. The predicted octanol–water partition coefficient (Wildman–Crippen LogP) is 5.58. The molecule has 208 valence electrons. The molecule has 0 heterocycles. The Bertz CT molecular complexity index is 1310. The quantitative estimate of drug-likeness (QED) is 0.111. The highest BCUT2D eigenvalue weighted by Gasteiger charge is 2.18. The highest BCUT2D eigenvalue weighted by atomic mass is 16.6. The van der Waals surface area contributed by atoms with Crippen LogP contribution in [0.2, 0.25) is 0 Å². The van der Waals surface area contributed by atoms with Crippen LogP contribution < -0.4 is 14.2 Å². The highest BCUT2D eigenvalue weighted by molar-refractivity contribution is 5.97. The third-order valence-corrected chi connectivity index (χ3v) is 5.60. The molecule has 9 nitrogen and oxygen atoms in total. The number of methoxy groups -OCH3 is 1. The van der Waals surface area contributed by atoms with Crippen molar-refractivity contribution in [2.75, 3.05) is 20.3 Å². The molecule has 0 aliphatic heterocycles. The number of carbonyl (C=O) groups is 4. The van der Waals surface area contributed by atoms with E-state index in [4.69, 9.17) is 18.9 Å². The molecule has 0 amide bonds. The van der Waals surface area contributed by atoms with E-state index in [-0.39, 0.29) is 22.6 Å². The van der Waals surface area contributed by atoms with E-state index in [1.165, 1.54) is 43.5 Å². The molecule has 3 aromatic rings. The van der Waals surface area contributed by atoms with Crippen molar-refractivity contribution >= 4 is 23.9 Å². The Hall–Kier alpha value is -4.92. The van der Waals surface area contributed by atoms with Gasteiger partial charge >= 0.3 is 23.9 Å². The number of unbranched alkanes of at least 4 members (excludes halogenated alkanes) is 3. The van der Waals surface area contributed by atoms with Crippen molar-refractivity contribution in [3.05, 3.63) is 102 Å². The van der Waals surface area contributed by atoms with Crippen LogP contribution in [-0.4, -0.2) is 44.2 Å². The summed E-state index contributed by atoms with van der Waals surface area (Å²) in [5, 5.41) is 0. The van der Waals surface area contributed by atoms with Crippen LogP contribution in [0.3, 0.4) is 0 Å². The first-order valence-corrected chi connectivity index (χ1v) is 12.6. The zero-order valence-electron chi connectivity index (χ0n) is 22.1. The molecule has 0 aliphatic rings. The summed E-state index contributed by atoms with van der Waals surface area (Å²) >= 11 is 0. The smallest absolute Gasteiger partial charge is 0.347 e. The summed E-state index contributed by atoms with van der Waals surface area (Å²) in [5.41, 5.74) is 0.656. The molecule has 0 spiro atoms. The summed E-state index contributed by atoms with van der Waals surface area (Å²) in [5.74, 6) is -1.43. The van der Waals surface area contributed by atoms with E-state index < -0.39 is 23.9 Å². The zero-order valence-corrected chi connectivity index (χ0v) is 22.1. The Morgan fingerprint density at radius 2 is 1.27 bits per heavy atom. The summed E-state index contributed by atoms with van der Waals surface area (Å²) in [6.07, 6.45) is 4.60. The average molecular weight is 547 g/mol. The van der Waals surface area contributed by atoms with Crippen LogP contribution in [0.5, 0.6) is 17.2 Å². The van der Waals surface area contributed by atoms with Crippen molar-refractivity contribution in [3.63, 3.8) is 0 Å². The van der Waals surface area contributed by atoms with Gasteiger partial charge in [0.15, 0.2) is 0 Å². The van der Waals surface area contributed by atoms with E-state index in [1.54, 1.807) is 36.4 Å². The molecular formula is C31H30O9. The van der Waals surface area contributed by atoms with Gasteiger partial charge in [-0.15, -0.1) is 0 Å². The summed E-state index contributed by atoms with van der Waals surface area (Å²) in [7, 11) is 1.27. The molecule has 3 rings (SSSR count). The molecule has 40 heavy (non-hydrogen) atoms. The second-order valence-corrected chi connectivity index (χ2v) is 8.45. The Kier molecular flexibility index (Phi) is 11.5. The number of benzene rings is 3. The minimum atomic E-state index is -0.726. The lowest BCUT2D eigenvalue weighted by atomic mass is 10.2. The number of para-hydroxylation sites is 1. The third kappa shape index (κ3) is 9.13. The first-order chi connectivity index (χ1) is 19.4. The fourth-order valence-electron chi connectivity index (χ4n) is 3.49. The van der Waals surface area contributed by atoms with Crippen LogP contribution in [0.4, 0.5) is 0 Å². The normalized spacial score (nSPS) is 10.2. The van der Waals surface area contributed by atoms with Gasteiger partial charge < -0.3 is 23.7 Å². The molecular weight excluding hydrogens is 516 g/mol. The lowest BCUT2D eigenvalue weighted by Crippen LogP contribution is -2.14. The van der Waals surface area contributed by atoms with Crippen molar-refractivity contribution in [2.45, 2.75) is 25.7 Å². The van der Waals surface area contributed by atoms with Crippen molar-refractivity contribution in [1.29, 1.82) is 0 Å². The SMILES string of the molecule is C=CC(=O)OCCCCCCOc1ccc(C(=O)Oc2ccccc2C(=O)Oc2ccc(C(=O)OC)cc2)cc1. The fourth-order valence-corrected chi connectivity index (χ4v) is 3.49. The third-order valence-electron chi connectivity index (χ3n) is 5.60. The second kappa shape index (κ2) is 15.5. The van der Waals surface area contributed by atoms with Crippen molar-refractivity contribution in [2.24, 2.45) is 0 Å². The summed E-state index contributed by atoms with van der Waals surface area (Å²) < 4.78 is 26.2. The van der Waals surface area contributed by atoms with Crippen molar-refractivity contribution in [1.82, 2.24) is 0 Å². The van der Waals surface area contributed by atoms with Crippen LogP contribution in [0.25, 0.3) is 0 Å². The average Bonchev–Trinajstić information content (AvgIpc) is 2.98. The van der Waals surface area contributed by atoms with Crippen LogP contribution in [0.1, 0.15) is 56.8 Å². The van der Waals surface area contributed by atoms with E-state index >= 15 is 0 Å². The Balaban J connectivity index is 1.48. The van der Waals surface area contributed by atoms with Gasteiger partial charge in [0.2, 0.25) is 0 Å². The maximum atomic E-state index is 12.8. The molecule has 0 unspecified atom stereocenters. The van der Waals surface area contributed by atoms with Gasteiger partial charge in [-0.3, -0.25) is 0 Å². The van der Waals surface area contributed by atoms with E-state index in [0.29, 0.717) is 24.5 Å². The summed E-state index contributed by atoms with van der Waals surface area (Å²) in [4.78, 5) is 48.1. The van der Waals surface area contributed by atoms with Crippen LogP contribution in [0.15, 0.2) is 85.5 Å². The predicted molar refractivity (Wildman–Crippen MR) is 146 cm³/mol. The number of hydrogen-bond donors (Lipinski definition) is 0. The van der Waals surface area contributed by atoms with Gasteiger partial charge in [-0.1, -0.05) is 18.7 Å². The number of rotatable bonds is 14. The van der Waals surface area contributed by atoms with Gasteiger partial charge in [-0.25, -0.2) is 19.2 Å². The van der Waals surface area contributed by atoms with Gasteiger partial charge in [-0.05, 0) is 86.3 Å². The van der Waals surface area contributed by atoms with Crippen LogP contribution in [-0.2, 0) is 14.3 Å². The summed E-state index contributed by atoms with van der Waals surface area (Å²) in [6.45, 7) is 4.24. The fraction of sp³-hybridized carbons (Fsp3) is 0.226. The lowest BCUT2D eigenvalue weighted by molar-refractivity contribution is -0.137. The number of hydrogen-bond acceptors (Lipinski definition) is 9. The Morgan fingerprint density at radius 1 is 0.675 bits per heavy atom. The van der Waals surface area contributed by atoms with E-state index in [2.05, 4.69) is 11.3 Å². The topological polar surface area (TPSA) is 114 Å². The maximum Gasteiger partial charge on any atom is 0.347 e.